The minimum absolute atomic E-state index is 0.0602. The lowest BCUT2D eigenvalue weighted by Crippen LogP contribution is -2.49. The summed E-state index contributed by atoms with van der Waals surface area (Å²) in [7, 11) is 0. The summed E-state index contributed by atoms with van der Waals surface area (Å²) in [6, 6.07) is 6.74. The van der Waals surface area contributed by atoms with E-state index in [0.717, 1.165) is 11.3 Å². The third-order valence-electron chi connectivity index (χ3n) is 4.22. The second-order valence-corrected chi connectivity index (χ2v) is 5.55. The van der Waals surface area contributed by atoms with Crippen LogP contribution >= 0.6 is 0 Å². The molecule has 0 radical (unpaired) electrons. The van der Waals surface area contributed by atoms with Crippen molar-refractivity contribution in [3.63, 3.8) is 0 Å². The van der Waals surface area contributed by atoms with E-state index in [1.165, 1.54) is 6.07 Å². The van der Waals surface area contributed by atoms with Crippen molar-refractivity contribution in [3.05, 3.63) is 47.0 Å². The average Bonchev–Trinajstić information content (AvgIpc) is 2.87. The Kier molecular flexibility index (Phi) is 3.83. The van der Waals surface area contributed by atoms with Gasteiger partial charge in [0, 0.05) is 37.4 Å². The maximum Gasteiger partial charge on any atom is 0.274 e. The number of benzene rings is 1. The molecule has 0 spiro atoms. The highest BCUT2D eigenvalue weighted by Crippen LogP contribution is 2.21. The summed E-state index contributed by atoms with van der Waals surface area (Å²) >= 11 is 0. The molecule has 116 valence electrons. The lowest BCUT2D eigenvalue weighted by molar-refractivity contribution is 0.0740. The predicted molar refractivity (Wildman–Crippen MR) is 82.6 cm³/mol. The predicted octanol–water partition coefficient (Wildman–Crippen LogP) is 2.13. The molecule has 1 aromatic carbocycles. The van der Waals surface area contributed by atoms with Crippen LogP contribution in [0.1, 0.15) is 21.7 Å². The van der Waals surface area contributed by atoms with E-state index in [9.17, 15) is 9.18 Å². The van der Waals surface area contributed by atoms with Gasteiger partial charge in [-0.3, -0.25) is 9.89 Å². The molecule has 1 aromatic heterocycles. The Morgan fingerprint density at radius 2 is 1.86 bits per heavy atom. The molecule has 3 rings (SSSR count). The molecule has 5 nitrogen and oxygen atoms in total. The summed E-state index contributed by atoms with van der Waals surface area (Å²) in [5.41, 5.74) is 2.88. The average molecular weight is 302 g/mol. The van der Waals surface area contributed by atoms with Crippen LogP contribution in [0.25, 0.3) is 0 Å². The number of amides is 1. The van der Waals surface area contributed by atoms with Gasteiger partial charge >= 0.3 is 0 Å². The molecule has 2 heterocycles. The number of rotatable bonds is 2. The molecule has 1 aliphatic heterocycles. The molecular formula is C16H19FN4O. The number of anilines is 1. The Labute approximate surface area is 128 Å². The van der Waals surface area contributed by atoms with E-state index in [0.29, 0.717) is 37.6 Å². The lowest BCUT2D eigenvalue weighted by Gasteiger charge is -2.36. The normalized spacial score (nSPS) is 15.2. The number of nitrogens with zero attached hydrogens (tertiary/aromatic N) is 3. The monoisotopic (exact) mass is 302 g/mol. The van der Waals surface area contributed by atoms with Crippen molar-refractivity contribution >= 4 is 11.6 Å². The van der Waals surface area contributed by atoms with Crippen LogP contribution < -0.4 is 4.90 Å². The number of carbonyl (C=O) groups is 1. The molecule has 1 aliphatic rings. The summed E-state index contributed by atoms with van der Waals surface area (Å²) in [6.45, 7) is 6.16. The van der Waals surface area contributed by atoms with E-state index in [-0.39, 0.29) is 11.7 Å². The zero-order valence-corrected chi connectivity index (χ0v) is 12.8. The number of aryl methyl sites for hydroxylation is 1. The Balaban J connectivity index is 1.68. The Bertz CT molecular complexity index is 689. The number of aromatic nitrogens is 2. The molecule has 2 aromatic rings. The number of carbonyl (C=O) groups excluding carboxylic acids is 1. The Hall–Kier alpha value is -2.37. The van der Waals surface area contributed by atoms with Crippen LogP contribution in [0.3, 0.4) is 0 Å². The summed E-state index contributed by atoms with van der Waals surface area (Å²) in [4.78, 5) is 16.2. The van der Waals surface area contributed by atoms with Gasteiger partial charge in [-0.2, -0.15) is 5.10 Å². The standard InChI is InChI=1S/C16H19FN4O/c1-11-12(2)18-19-15(11)16(22)21-9-7-20(8-10-21)14-6-4-3-5-13(14)17/h3-6H,7-10H2,1-2H3,(H,18,19). The first-order valence-electron chi connectivity index (χ1n) is 7.38. The molecule has 1 saturated heterocycles. The van der Waals surface area contributed by atoms with Crippen molar-refractivity contribution in [1.82, 2.24) is 15.1 Å². The highest BCUT2D eigenvalue weighted by atomic mass is 19.1. The molecule has 0 atom stereocenters. The van der Waals surface area contributed by atoms with E-state index >= 15 is 0 Å². The Morgan fingerprint density at radius 3 is 2.45 bits per heavy atom. The van der Waals surface area contributed by atoms with Crippen LogP contribution in [-0.2, 0) is 0 Å². The second kappa shape index (κ2) is 5.79. The molecule has 0 aliphatic carbocycles. The highest BCUT2D eigenvalue weighted by molar-refractivity contribution is 5.94. The number of halogens is 1. The summed E-state index contributed by atoms with van der Waals surface area (Å²) in [6.07, 6.45) is 0. The topological polar surface area (TPSA) is 52.2 Å². The number of para-hydroxylation sites is 1. The fourth-order valence-corrected chi connectivity index (χ4v) is 2.70. The molecular weight excluding hydrogens is 283 g/mol. The van der Waals surface area contributed by atoms with Crippen molar-refractivity contribution in [2.24, 2.45) is 0 Å². The van der Waals surface area contributed by atoms with Crippen molar-refractivity contribution in [1.29, 1.82) is 0 Å². The quantitative estimate of drug-likeness (QED) is 0.924. The zero-order chi connectivity index (χ0) is 15.7. The van der Waals surface area contributed by atoms with E-state index < -0.39 is 0 Å². The van der Waals surface area contributed by atoms with Gasteiger partial charge in [0.25, 0.3) is 5.91 Å². The van der Waals surface area contributed by atoms with Gasteiger partial charge in [0.15, 0.2) is 5.69 Å². The van der Waals surface area contributed by atoms with Gasteiger partial charge < -0.3 is 9.80 Å². The number of piperazine rings is 1. The number of hydrogen-bond acceptors (Lipinski definition) is 3. The molecule has 22 heavy (non-hydrogen) atoms. The third-order valence-corrected chi connectivity index (χ3v) is 4.22. The van der Waals surface area contributed by atoms with Gasteiger partial charge in [-0.25, -0.2) is 4.39 Å². The van der Waals surface area contributed by atoms with Crippen LogP contribution in [0.15, 0.2) is 24.3 Å². The summed E-state index contributed by atoms with van der Waals surface area (Å²) in [5, 5.41) is 6.93. The van der Waals surface area contributed by atoms with Crippen LogP contribution in [0.5, 0.6) is 0 Å². The van der Waals surface area contributed by atoms with E-state index in [1.54, 1.807) is 17.0 Å². The van der Waals surface area contributed by atoms with E-state index in [2.05, 4.69) is 10.2 Å². The highest BCUT2D eigenvalue weighted by Gasteiger charge is 2.26. The van der Waals surface area contributed by atoms with Crippen LogP contribution in [0.2, 0.25) is 0 Å². The number of H-pyrrole nitrogens is 1. The largest absolute Gasteiger partial charge is 0.366 e. The second-order valence-electron chi connectivity index (χ2n) is 5.55. The smallest absolute Gasteiger partial charge is 0.274 e. The molecule has 0 unspecified atom stereocenters. The molecule has 1 fully saturated rings. The van der Waals surface area contributed by atoms with Gasteiger partial charge in [-0.15, -0.1) is 0 Å². The first kappa shape index (κ1) is 14.6. The molecule has 1 N–H and O–H groups in total. The fraction of sp³-hybridized carbons (Fsp3) is 0.375. The molecule has 6 heteroatoms. The number of aromatic amines is 1. The van der Waals surface area contributed by atoms with Crippen LogP contribution in [0, 0.1) is 19.7 Å². The van der Waals surface area contributed by atoms with Gasteiger partial charge in [0.2, 0.25) is 0 Å². The van der Waals surface area contributed by atoms with Gasteiger partial charge in [0.1, 0.15) is 5.82 Å². The summed E-state index contributed by atoms with van der Waals surface area (Å²) in [5.74, 6) is -0.281. The first-order valence-corrected chi connectivity index (χ1v) is 7.38. The minimum Gasteiger partial charge on any atom is -0.366 e. The molecule has 1 amide bonds. The van der Waals surface area contributed by atoms with E-state index in [1.807, 2.05) is 24.8 Å². The fourth-order valence-electron chi connectivity index (χ4n) is 2.70. The van der Waals surface area contributed by atoms with Crippen LogP contribution in [-0.4, -0.2) is 47.2 Å². The van der Waals surface area contributed by atoms with Crippen molar-refractivity contribution in [2.45, 2.75) is 13.8 Å². The first-order chi connectivity index (χ1) is 10.6. The molecule has 0 bridgehead atoms. The van der Waals surface area contributed by atoms with E-state index in [4.69, 9.17) is 0 Å². The van der Waals surface area contributed by atoms with Crippen molar-refractivity contribution < 1.29 is 9.18 Å². The van der Waals surface area contributed by atoms with Crippen molar-refractivity contribution in [3.8, 4) is 0 Å². The van der Waals surface area contributed by atoms with Gasteiger partial charge in [-0.05, 0) is 26.0 Å². The minimum atomic E-state index is -0.221. The van der Waals surface area contributed by atoms with Gasteiger partial charge in [0.05, 0.1) is 5.69 Å². The third kappa shape index (κ3) is 2.56. The molecule has 0 saturated carbocycles. The lowest BCUT2D eigenvalue weighted by atomic mass is 10.2. The van der Waals surface area contributed by atoms with Crippen LogP contribution in [0.4, 0.5) is 10.1 Å². The van der Waals surface area contributed by atoms with Crippen molar-refractivity contribution in [2.75, 3.05) is 31.1 Å². The Morgan fingerprint density at radius 1 is 1.18 bits per heavy atom. The SMILES string of the molecule is Cc1[nH]nc(C(=O)N2CCN(c3ccccc3F)CC2)c1C. The maximum absolute atomic E-state index is 13.8. The summed E-state index contributed by atoms with van der Waals surface area (Å²) < 4.78 is 13.8. The maximum atomic E-state index is 13.8. The zero-order valence-electron chi connectivity index (χ0n) is 12.8. The number of nitrogens with one attached hydrogen (secondary N) is 1. The van der Waals surface area contributed by atoms with Gasteiger partial charge in [-0.1, -0.05) is 12.1 Å². The number of hydrogen-bond donors (Lipinski definition) is 1.